The van der Waals surface area contributed by atoms with Crippen LogP contribution in [-0.2, 0) is 4.74 Å². The number of nitrogens with one attached hydrogen (secondary N) is 1. The number of aliphatic imine (C=N–C) groups is 1. The monoisotopic (exact) mass is 325 g/mol. The van der Waals surface area contributed by atoms with Gasteiger partial charge in [-0.05, 0) is 53.4 Å². The van der Waals surface area contributed by atoms with Gasteiger partial charge in [0.2, 0.25) is 0 Å². The molecule has 5 heteroatoms. The summed E-state index contributed by atoms with van der Waals surface area (Å²) in [5.74, 6) is 1.34. The van der Waals surface area contributed by atoms with E-state index in [-0.39, 0.29) is 11.7 Å². The molecule has 0 aromatic rings. The number of likely N-dealkylation sites (tertiary alicyclic amines) is 1. The fourth-order valence-electron chi connectivity index (χ4n) is 3.55. The van der Waals surface area contributed by atoms with Gasteiger partial charge >= 0.3 is 0 Å². The predicted octanol–water partition coefficient (Wildman–Crippen LogP) is 2.39. The number of aliphatic hydroxyl groups is 1. The molecule has 1 aliphatic carbocycles. The van der Waals surface area contributed by atoms with E-state index in [0.29, 0.717) is 12.0 Å². The van der Waals surface area contributed by atoms with Gasteiger partial charge in [0.1, 0.15) is 0 Å². The molecule has 2 N–H and O–H groups in total. The van der Waals surface area contributed by atoms with Gasteiger partial charge in [-0.2, -0.15) is 0 Å². The first-order chi connectivity index (χ1) is 10.9. The summed E-state index contributed by atoms with van der Waals surface area (Å²) in [5.41, 5.74) is -0.0654. The minimum Gasteiger partial charge on any atom is -0.393 e. The number of hydrogen-bond donors (Lipinski definition) is 2. The van der Waals surface area contributed by atoms with Crippen LogP contribution in [0.5, 0.6) is 0 Å². The second-order valence-electron chi connectivity index (χ2n) is 7.87. The van der Waals surface area contributed by atoms with Crippen LogP contribution in [0, 0.1) is 5.92 Å². The van der Waals surface area contributed by atoms with Crippen LogP contribution in [0.2, 0.25) is 0 Å². The highest BCUT2D eigenvalue weighted by Crippen LogP contribution is 2.26. The van der Waals surface area contributed by atoms with E-state index in [9.17, 15) is 5.11 Å². The maximum Gasteiger partial charge on any atom is 0.193 e. The van der Waals surface area contributed by atoms with Gasteiger partial charge in [0, 0.05) is 32.1 Å². The van der Waals surface area contributed by atoms with Crippen LogP contribution in [-0.4, -0.2) is 60.0 Å². The Balaban J connectivity index is 1.86. The Bertz CT molecular complexity index is 384. The van der Waals surface area contributed by atoms with Crippen LogP contribution in [0.1, 0.15) is 59.8 Å². The molecule has 0 aromatic heterocycles. The summed E-state index contributed by atoms with van der Waals surface area (Å²) < 4.78 is 6.10. The zero-order valence-corrected chi connectivity index (χ0v) is 15.3. The van der Waals surface area contributed by atoms with Crippen molar-refractivity contribution in [1.82, 2.24) is 10.2 Å². The molecule has 1 heterocycles. The first-order valence-electron chi connectivity index (χ1n) is 9.28. The van der Waals surface area contributed by atoms with Crippen molar-refractivity contribution in [3.8, 4) is 0 Å². The first kappa shape index (κ1) is 18.5. The molecule has 2 rings (SSSR count). The lowest BCUT2D eigenvalue weighted by atomic mass is 10.1. The molecule has 0 amide bonds. The quantitative estimate of drug-likeness (QED) is 0.615. The number of ether oxygens (including phenoxy) is 1. The molecule has 5 nitrogen and oxygen atoms in total. The molecule has 0 aromatic carbocycles. The smallest absolute Gasteiger partial charge is 0.193 e. The van der Waals surface area contributed by atoms with Gasteiger partial charge in [-0.3, -0.25) is 4.99 Å². The molecule has 2 unspecified atom stereocenters. The van der Waals surface area contributed by atoms with Gasteiger partial charge in [0.15, 0.2) is 5.96 Å². The second kappa shape index (κ2) is 8.34. The van der Waals surface area contributed by atoms with E-state index >= 15 is 0 Å². The average molecular weight is 325 g/mol. The molecule has 0 bridgehead atoms. The Morgan fingerprint density at radius 3 is 2.43 bits per heavy atom. The Labute approximate surface area is 141 Å². The average Bonchev–Trinajstić information content (AvgIpc) is 2.88. The minimum atomic E-state index is -0.160. The molecular formula is C18H35N3O2. The number of guanidine groups is 1. The Kier molecular flexibility index (Phi) is 6.72. The van der Waals surface area contributed by atoms with Crippen molar-refractivity contribution in [3.05, 3.63) is 0 Å². The molecule has 1 saturated heterocycles. The molecule has 2 atom stereocenters. The summed E-state index contributed by atoms with van der Waals surface area (Å²) in [5, 5.41) is 13.4. The van der Waals surface area contributed by atoms with Gasteiger partial charge in [-0.25, -0.2) is 0 Å². The maximum absolute atomic E-state index is 9.97. The van der Waals surface area contributed by atoms with Gasteiger partial charge in [-0.15, -0.1) is 0 Å². The molecule has 2 fully saturated rings. The third-order valence-electron chi connectivity index (χ3n) is 4.69. The SMILES string of the molecule is CCNC(=NCC1CCCC1O)N1CCC(OC(C)(C)C)CC1. The largest absolute Gasteiger partial charge is 0.393 e. The Hall–Kier alpha value is -0.810. The number of rotatable bonds is 4. The lowest BCUT2D eigenvalue weighted by Gasteiger charge is -2.37. The molecular weight excluding hydrogens is 290 g/mol. The van der Waals surface area contributed by atoms with E-state index in [1.54, 1.807) is 0 Å². The lowest BCUT2D eigenvalue weighted by Crippen LogP contribution is -2.48. The standard InChI is InChI=1S/C18H35N3O2/c1-5-19-17(20-13-14-7-6-8-16(14)22)21-11-9-15(10-12-21)23-18(2,3)4/h14-16,22H,5-13H2,1-4H3,(H,19,20). The normalized spacial score (nSPS) is 27.5. The second-order valence-corrected chi connectivity index (χ2v) is 7.87. The third-order valence-corrected chi connectivity index (χ3v) is 4.69. The van der Waals surface area contributed by atoms with Gasteiger partial charge < -0.3 is 20.1 Å². The molecule has 1 saturated carbocycles. The van der Waals surface area contributed by atoms with Gasteiger partial charge in [-0.1, -0.05) is 6.42 Å². The van der Waals surface area contributed by atoms with Crippen molar-refractivity contribution < 1.29 is 9.84 Å². The van der Waals surface area contributed by atoms with Crippen molar-refractivity contribution >= 4 is 5.96 Å². The number of piperidine rings is 1. The highest BCUT2D eigenvalue weighted by molar-refractivity contribution is 5.80. The minimum absolute atomic E-state index is 0.0654. The van der Waals surface area contributed by atoms with E-state index in [1.807, 2.05) is 0 Å². The summed E-state index contributed by atoms with van der Waals surface area (Å²) >= 11 is 0. The molecule has 23 heavy (non-hydrogen) atoms. The van der Waals surface area contributed by atoms with Gasteiger partial charge in [0.05, 0.1) is 17.8 Å². The summed E-state index contributed by atoms with van der Waals surface area (Å²) in [6, 6.07) is 0. The van der Waals surface area contributed by atoms with Crippen LogP contribution in [0.3, 0.4) is 0 Å². The fraction of sp³-hybridized carbons (Fsp3) is 0.944. The number of hydrogen-bond acceptors (Lipinski definition) is 3. The van der Waals surface area contributed by atoms with Crippen LogP contribution < -0.4 is 5.32 Å². The third kappa shape index (κ3) is 5.96. The van der Waals surface area contributed by atoms with E-state index in [2.05, 4.69) is 37.9 Å². The summed E-state index contributed by atoms with van der Waals surface area (Å²) in [7, 11) is 0. The highest BCUT2D eigenvalue weighted by Gasteiger charge is 2.27. The fourth-order valence-corrected chi connectivity index (χ4v) is 3.55. The Morgan fingerprint density at radius 2 is 1.91 bits per heavy atom. The van der Waals surface area contributed by atoms with Crippen LogP contribution in [0.25, 0.3) is 0 Å². The summed E-state index contributed by atoms with van der Waals surface area (Å²) in [6.07, 6.45) is 5.46. The molecule has 2 aliphatic rings. The molecule has 0 radical (unpaired) electrons. The predicted molar refractivity (Wildman–Crippen MR) is 94.8 cm³/mol. The molecule has 0 spiro atoms. The first-order valence-corrected chi connectivity index (χ1v) is 9.28. The Morgan fingerprint density at radius 1 is 1.22 bits per heavy atom. The van der Waals surface area contributed by atoms with E-state index in [1.165, 1.54) is 0 Å². The topological polar surface area (TPSA) is 57.1 Å². The van der Waals surface area contributed by atoms with Crippen LogP contribution in [0.15, 0.2) is 4.99 Å². The van der Waals surface area contributed by atoms with Crippen molar-refractivity contribution in [1.29, 1.82) is 0 Å². The van der Waals surface area contributed by atoms with Crippen molar-refractivity contribution in [2.45, 2.75) is 77.6 Å². The zero-order valence-electron chi connectivity index (χ0n) is 15.3. The maximum atomic E-state index is 9.97. The molecule has 1 aliphatic heterocycles. The van der Waals surface area contributed by atoms with Crippen LogP contribution >= 0.6 is 0 Å². The van der Waals surface area contributed by atoms with E-state index < -0.39 is 0 Å². The summed E-state index contributed by atoms with van der Waals surface area (Å²) in [6.45, 7) is 12.1. The van der Waals surface area contributed by atoms with E-state index in [4.69, 9.17) is 9.73 Å². The highest BCUT2D eigenvalue weighted by atomic mass is 16.5. The van der Waals surface area contributed by atoms with Crippen LogP contribution in [0.4, 0.5) is 0 Å². The molecule has 134 valence electrons. The zero-order chi connectivity index (χ0) is 16.9. The van der Waals surface area contributed by atoms with E-state index in [0.717, 1.165) is 64.2 Å². The lowest BCUT2D eigenvalue weighted by molar-refractivity contribution is -0.0772. The van der Waals surface area contributed by atoms with Crippen molar-refractivity contribution in [2.24, 2.45) is 10.9 Å². The van der Waals surface area contributed by atoms with Crippen molar-refractivity contribution in [2.75, 3.05) is 26.2 Å². The summed E-state index contributed by atoms with van der Waals surface area (Å²) in [4.78, 5) is 7.14. The van der Waals surface area contributed by atoms with Gasteiger partial charge in [0.25, 0.3) is 0 Å². The van der Waals surface area contributed by atoms with Crippen molar-refractivity contribution in [3.63, 3.8) is 0 Å². The number of nitrogens with zero attached hydrogens (tertiary/aromatic N) is 2. The number of aliphatic hydroxyl groups excluding tert-OH is 1.